The van der Waals surface area contributed by atoms with Gasteiger partial charge in [-0.2, -0.15) is 26.3 Å². The van der Waals surface area contributed by atoms with Crippen LogP contribution in [0.5, 0.6) is 0 Å². The molecule has 0 spiro atoms. The van der Waals surface area contributed by atoms with E-state index in [1.54, 1.807) is 21.2 Å². The summed E-state index contributed by atoms with van der Waals surface area (Å²) in [6.45, 7) is 2.51. The number of amides is 2. The van der Waals surface area contributed by atoms with Gasteiger partial charge < -0.3 is 19.6 Å². The quantitative estimate of drug-likeness (QED) is 0.376. The second-order valence-electron chi connectivity index (χ2n) is 9.81. The summed E-state index contributed by atoms with van der Waals surface area (Å²) in [6.07, 6.45) is -9.30. The van der Waals surface area contributed by atoms with E-state index in [0.29, 0.717) is 62.2 Å². The van der Waals surface area contributed by atoms with E-state index in [4.69, 9.17) is 0 Å². The van der Waals surface area contributed by atoms with Crippen LogP contribution in [0.25, 0.3) is 0 Å². The lowest BCUT2D eigenvalue weighted by atomic mass is 10.1. The molecule has 0 bridgehead atoms. The Morgan fingerprint density at radius 2 is 1.36 bits per heavy atom. The van der Waals surface area contributed by atoms with Crippen LogP contribution in [0.2, 0.25) is 0 Å². The van der Waals surface area contributed by atoms with Gasteiger partial charge in [-0.05, 0) is 36.4 Å². The molecule has 0 aliphatic carbocycles. The monoisotopic (exact) mass is 615 g/mol. The molecule has 15 heteroatoms. The molecule has 224 valence electrons. The standard InChI is InChI=1S/C27H24F7N5O2S/c28-21-14-17(4-5-20(21)27(32,33)34)23(40)37-10-12-39(13-11-37)25-35-22(16-42-25)24(41)38-8-6-36(7-9-38)19-3-1-2-18(15-19)26(29,30)31/h1-5,14-16H,6-13H2. The fourth-order valence-electron chi connectivity index (χ4n) is 4.88. The Morgan fingerprint density at radius 1 is 0.738 bits per heavy atom. The van der Waals surface area contributed by atoms with Crippen LogP contribution in [0.15, 0.2) is 47.8 Å². The van der Waals surface area contributed by atoms with E-state index in [-0.39, 0.29) is 30.3 Å². The molecule has 0 N–H and O–H groups in total. The third-order valence-electron chi connectivity index (χ3n) is 7.18. The Bertz CT molecular complexity index is 1460. The minimum Gasteiger partial charge on any atom is -0.368 e. The van der Waals surface area contributed by atoms with Gasteiger partial charge in [0.1, 0.15) is 11.5 Å². The molecule has 1 aromatic heterocycles. The van der Waals surface area contributed by atoms with E-state index >= 15 is 0 Å². The molecule has 3 aromatic rings. The molecular formula is C27H24F7N5O2S. The maximum Gasteiger partial charge on any atom is 0.419 e. The van der Waals surface area contributed by atoms with Crippen molar-refractivity contribution in [2.24, 2.45) is 0 Å². The Balaban J connectivity index is 1.14. The summed E-state index contributed by atoms with van der Waals surface area (Å²) in [4.78, 5) is 37.0. The first-order chi connectivity index (χ1) is 19.8. The topological polar surface area (TPSA) is 60.0 Å². The van der Waals surface area contributed by atoms with Crippen molar-refractivity contribution in [3.63, 3.8) is 0 Å². The molecule has 0 saturated carbocycles. The van der Waals surface area contributed by atoms with Crippen molar-refractivity contribution in [3.8, 4) is 0 Å². The lowest BCUT2D eigenvalue weighted by molar-refractivity contribution is -0.140. The summed E-state index contributed by atoms with van der Waals surface area (Å²) in [5.74, 6) is -2.38. The van der Waals surface area contributed by atoms with Gasteiger partial charge in [-0.1, -0.05) is 6.07 Å². The molecule has 0 atom stereocenters. The third-order valence-corrected chi connectivity index (χ3v) is 8.08. The number of benzene rings is 2. The first kappa shape index (κ1) is 29.6. The zero-order chi connectivity index (χ0) is 30.2. The Morgan fingerprint density at radius 3 is 1.95 bits per heavy atom. The van der Waals surface area contributed by atoms with E-state index < -0.39 is 35.2 Å². The molecule has 3 heterocycles. The molecular weight excluding hydrogens is 591 g/mol. The van der Waals surface area contributed by atoms with Crippen LogP contribution in [-0.4, -0.2) is 79.0 Å². The molecule has 7 nitrogen and oxygen atoms in total. The minimum absolute atomic E-state index is 0.177. The molecule has 2 fully saturated rings. The number of thiazole rings is 1. The van der Waals surface area contributed by atoms with Gasteiger partial charge in [-0.25, -0.2) is 9.37 Å². The SMILES string of the molecule is O=C(c1ccc(C(F)(F)F)c(F)c1)N1CCN(c2nc(C(=O)N3CCN(c4cccc(C(F)(F)F)c4)CC3)cs2)CC1. The number of nitrogens with zero attached hydrogens (tertiary/aromatic N) is 5. The lowest BCUT2D eigenvalue weighted by Gasteiger charge is -2.36. The molecule has 2 aliphatic rings. The van der Waals surface area contributed by atoms with Gasteiger partial charge >= 0.3 is 12.4 Å². The number of hydrogen-bond donors (Lipinski definition) is 0. The number of anilines is 2. The number of aromatic nitrogens is 1. The summed E-state index contributed by atoms with van der Waals surface area (Å²) in [5.41, 5.74) is -1.66. The minimum atomic E-state index is -4.86. The van der Waals surface area contributed by atoms with Crippen molar-refractivity contribution in [3.05, 3.63) is 76.0 Å². The highest BCUT2D eigenvalue weighted by molar-refractivity contribution is 7.13. The summed E-state index contributed by atoms with van der Waals surface area (Å²) in [7, 11) is 0. The van der Waals surface area contributed by atoms with E-state index in [9.17, 15) is 40.3 Å². The van der Waals surface area contributed by atoms with Gasteiger partial charge in [0, 0.05) is 69.0 Å². The van der Waals surface area contributed by atoms with E-state index in [1.165, 1.54) is 22.3 Å². The highest BCUT2D eigenvalue weighted by Gasteiger charge is 2.35. The smallest absolute Gasteiger partial charge is 0.368 e. The molecule has 2 aromatic carbocycles. The fourth-order valence-corrected chi connectivity index (χ4v) is 5.73. The number of rotatable bonds is 4. The second-order valence-corrected chi connectivity index (χ2v) is 10.7. The third kappa shape index (κ3) is 6.30. The summed E-state index contributed by atoms with van der Waals surface area (Å²) in [6, 6.07) is 7.18. The van der Waals surface area contributed by atoms with Gasteiger partial charge in [0.2, 0.25) is 0 Å². The molecule has 42 heavy (non-hydrogen) atoms. The Kier molecular flexibility index (Phi) is 8.05. The first-order valence-electron chi connectivity index (χ1n) is 12.9. The largest absolute Gasteiger partial charge is 0.419 e. The van der Waals surface area contributed by atoms with Crippen molar-refractivity contribution in [2.45, 2.75) is 12.4 Å². The Labute approximate surface area is 239 Å². The van der Waals surface area contributed by atoms with Crippen LogP contribution in [-0.2, 0) is 12.4 Å². The fraction of sp³-hybridized carbons (Fsp3) is 0.370. The average Bonchev–Trinajstić information content (AvgIpc) is 3.46. The zero-order valence-corrected chi connectivity index (χ0v) is 22.7. The van der Waals surface area contributed by atoms with Crippen LogP contribution in [0.1, 0.15) is 32.0 Å². The first-order valence-corrected chi connectivity index (χ1v) is 13.8. The summed E-state index contributed by atoms with van der Waals surface area (Å²) < 4.78 is 91.6. The van der Waals surface area contributed by atoms with E-state index in [0.717, 1.165) is 18.2 Å². The van der Waals surface area contributed by atoms with Gasteiger partial charge in [-0.15, -0.1) is 11.3 Å². The predicted molar refractivity (Wildman–Crippen MR) is 141 cm³/mol. The molecule has 2 amide bonds. The van der Waals surface area contributed by atoms with Crippen LogP contribution in [0, 0.1) is 5.82 Å². The van der Waals surface area contributed by atoms with Crippen LogP contribution >= 0.6 is 11.3 Å². The number of carbonyl (C=O) groups is 2. The Hall–Kier alpha value is -3.88. The van der Waals surface area contributed by atoms with Crippen molar-refractivity contribution in [1.82, 2.24) is 14.8 Å². The number of carbonyl (C=O) groups excluding carboxylic acids is 2. The highest BCUT2D eigenvalue weighted by Crippen LogP contribution is 2.33. The van der Waals surface area contributed by atoms with E-state index in [1.807, 2.05) is 4.90 Å². The lowest BCUT2D eigenvalue weighted by Crippen LogP contribution is -2.49. The summed E-state index contributed by atoms with van der Waals surface area (Å²) >= 11 is 1.25. The highest BCUT2D eigenvalue weighted by atomic mass is 32.1. The predicted octanol–water partition coefficient (Wildman–Crippen LogP) is 5.24. The van der Waals surface area contributed by atoms with Crippen molar-refractivity contribution >= 4 is 34.0 Å². The normalized spacial score (nSPS) is 16.6. The van der Waals surface area contributed by atoms with Crippen molar-refractivity contribution < 1.29 is 40.3 Å². The van der Waals surface area contributed by atoms with Crippen LogP contribution in [0.3, 0.4) is 0 Å². The molecule has 0 radical (unpaired) electrons. The maximum absolute atomic E-state index is 13.9. The maximum atomic E-state index is 13.9. The van der Waals surface area contributed by atoms with Gasteiger partial charge in [0.25, 0.3) is 11.8 Å². The second kappa shape index (κ2) is 11.4. The van der Waals surface area contributed by atoms with Crippen molar-refractivity contribution in [1.29, 1.82) is 0 Å². The van der Waals surface area contributed by atoms with Gasteiger partial charge in [0.15, 0.2) is 5.13 Å². The average molecular weight is 616 g/mol. The van der Waals surface area contributed by atoms with Crippen molar-refractivity contribution in [2.75, 3.05) is 62.2 Å². The molecule has 5 rings (SSSR count). The number of halogens is 7. The molecule has 2 aliphatic heterocycles. The molecule has 0 unspecified atom stereocenters. The van der Waals surface area contributed by atoms with E-state index in [2.05, 4.69) is 4.98 Å². The summed E-state index contributed by atoms with van der Waals surface area (Å²) in [5, 5.41) is 2.19. The van der Waals surface area contributed by atoms with Gasteiger partial charge in [0.05, 0.1) is 11.1 Å². The van der Waals surface area contributed by atoms with Crippen LogP contribution < -0.4 is 9.80 Å². The van der Waals surface area contributed by atoms with Gasteiger partial charge in [-0.3, -0.25) is 9.59 Å². The number of alkyl halides is 6. The zero-order valence-electron chi connectivity index (χ0n) is 21.9. The van der Waals surface area contributed by atoms with Crippen LogP contribution in [0.4, 0.5) is 41.6 Å². The number of hydrogen-bond acceptors (Lipinski definition) is 6. The molecule has 2 saturated heterocycles. The number of piperazine rings is 2.